The van der Waals surface area contributed by atoms with Crippen molar-refractivity contribution in [2.45, 2.75) is 32.5 Å². The summed E-state index contributed by atoms with van der Waals surface area (Å²) in [6.45, 7) is 2.31. The molecule has 0 radical (unpaired) electrons. The van der Waals surface area contributed by atoms with Crippen molar-refractivity contribution >= 4 is 5.78 Å². The Kier molecular flexibility index (Phi) is 3.57. The van der Waals surface area contributed by atoms with Crippen LogP contribution in [0, 0.1) is 0 Å². The Balaban J connectivity index is 2.02. The van der Waals surface area contributed by atoms with Crippen LogP contribution in [-0.4, -0.2) is 18.7 Å². The zero-order valence-electron chi connectivity index (χ0n) is 9.44. The smallest absolute Gasteiger partial charge is 0.199 e. The van der Waals surface area contributed by atoms with Gasteiger partial charge in [0, 0.05) is 12.0 Å². The first-order valence-corrected chi connectivity index (χ1v) is 5.65. The van der Waals surface area contributed by atoms with Gasteiger partial charge in [0.25, 0.3) is 0 Å². The van der Waals surface area contributed by atoms with E-state index >= 15 is 0 Å². The number of benzene rings is 1. The summed E-state index contributed by atoms with van der Waals surface area (Å²) in [6.07, 6.45) is 3.00. The van der Waals surface area contributed by atoms with Gasteiger partial charge in [0.15, 0.2) is 12.1 Å². The van der Waals surface area contributed by atoms with Gasteiger partial charge in [-0.1, -0.05) is 12.1 Å². The maximum absolute atomic E-state index is 11.2. The molecule has 1 aromatic rings. The molecular formula is C13H16O3. The zero-order chi connectivity index (χ0) is 11.4. The van der Waals surface area contributed by atoms with Gasteiger partial charge >= 0.3 is 0 Å². The molecule has 1 aliphatic rings. The minimum absolute atomic E-state index is 0.0509. The highest BCUT2D eigenvalue weighted by Crippen LogP contribution is 2.20. The number of carbonyl (C=O) groups excluding carboxylic acids is 1. The van der Waals surface area contributed by atoms with Crippen molar-refractivity contribution in [3.05, 3.63) is 29.8 Å². The normalized spacial score (nSPS) is 20.4. The minimum Gasteiger partial charge on any atom is -0.465 e. The SMILES string of the molecule is CC(=O)c1cccc(O[C@H]2CCCCO2)c1. The van der Waals surface area contributed by atoms with Gasteiger partial charge in [0.05, 0.1) is 6.61 Å². The maximum Gasteiger partial charge on any atom is 0.199 e. The van der Waals surface area contributed by atoms with E-state index in [1.54, 1.807) is 19.1 Å². The first-order valence-electron chi connectivity index (χ1n) is 5.65. The van der Waals surface area contributed by atoms with Gasteiger partial charge in [-0.05, 0) is 31.9 Å². The van der Waals surface area contributed by atoms with E-state index in [-0.39, 0.29) is 12.1 Å². The summed E-state index contributed by atoms with van der Waals surface area (Å²) in [6, 6.07) is 7.23. The van der Waals surface area contributed by atoms with E-state index in [0.717, 1.165) is 25.9 Å². The van der Waals surface area contributed by atoms with Crippen LogP contribution in [0.5, 0.6) is 5.75 Å². The fourth-order valence-electron chi connectivity index (χ4n) is 1.74. The summed E-state index contributed by atoms with van der Waals surface area (Å²) in [5, 5.41) is 0. The van der Waals surface area contributed by atoms with Gasteiger partial charge in [0.2, 0.25) is 0 Å². The number of hydrogen-bond acceptors (Lipinski definition) is 3. The molecule has 3 heteroatoms. The molecule has 1 aliphatic heterocycles. The molecule has 0 amide bonds. The van der Waals surface area contributed by atoms with Crippen LogP contribution in [0.3, 0.4) is 0 Å². The molecule has 1 saturated heterocycles. The summed E-state index contributed by atoms with van der Waals surface area (Å²) in [5.41, 5.74) is 0.674. The highest BCUT2D eigenvalue weighted by atomic mass is 16.7. The van der Waals surface area contributed by atoms with Crippen molar-refractivity contribution < 1.29 is 14.3 Å². The molecule has 0 spiro atoms. The third-order valence-corrected chi connectivity index (χ3v) is 2.65. The van der Waals surface area contributed by atoms with Gasteiger partial charge in [-0.25, -0.2) is 0 Å². The van der Waals surface area contributed by atoms with Crippen LogP contribution in [0.1, 0.15) is 36.5 Å². The molecule has 1 heterocycles. The molecule has 0 aliphatic carbocycles. The maximum atomic E-state index is 11.2. The molecule has 1 fully saturated rings. The number of carbonyl (C=O) groups is 1. The number of hydrogen-bond donors (Lipinski definition) is 0. The minimum atomic E-state index is -0.157. The Hall–Kier alpha value is -1.35. The van der Waals surface area contributed by atoms with Crippen LogP contribution < -0.4 is 4.74 Å². The largest absolute Gasteiger partial charge is 0.465 e. The Morgan fingerprint density at radius 2 is 2.31 bits per heavy atom. The molecule has 3 nitrogen and oxygen atoms in total. The van der Waals surface area contributed by atoms with Crippen LogP contribution in [-0.2, 0) is 4.74 Å². The highest BCUT2D eigenvalue weighted by Gasteiger charge is 2.15. The lowest BCUT2D eigenvalue weighted by molar-refractivity contribution is -0.105. The van der Waals surface area contributed by atoms with Crippen molar-refractivity contribution in [1.29, 1.82) is 0 Å². The molecule has 2 rings (SSSR count). The zero-order valence-corrected chi connectivity index (χ0v) is 9.44. The lowest BCUT2D eigenvalue weighted by Gasteiger charge is -2.23. The van der Waals surface area contributed by atoms with Crippen LogP contribution in [0.15, 0.2) is 24.3 Å². The molecule has 1 atom stereocenters. The first-order chi connectivity index (χ1) is 7.75. The average Bonchev–Trinajstić information content (AvgIpc) is 2.30. The summed E-state index contributed by atoms with van der Waals surface area (Å²) in [5.74, 6) is 0.759. The summed E-state index contributed by atoms with van der Waals surface area (Å²) in [7, 11) is 0. The van der Waals surface area contributed by atoms with Gasteiger partial charge in [-0.2, -0.15) is 0 Å². The lowest BCUT2D eigenvalue weighted by Crippen LogP contribution is -2.25. The second kappa shape index (κ2) is 5.12. The Labute approximate surface area is 95.4 Å². The molecule has 0 saturated carbocycles. The van der Waals surface area contributed by atoms with Crippen LogP contribution >= 0.6 is 0 Å². The standard InChI is InChI=1S/C13H16O3/c1-10(14)11-5-4-6-12(9-11)16-13-7-2-3-8-15-13/h4-6,9,13H,2-3,7-8H2,1H3/t13-/m0/s1. The van der Waals surface area contributed by atoms with Crippen molar-refractivity contribution in [2.75, 3.05) is 6.61 Å². The third kappa shape index (κ3) is 2.83. The van der Waals surface area contributed by atoms with Crippen molar-refractivity contribution in [3.8, 4) is 5.75 Å². The molecule has 0 bridgehead atoms. The molecular weight excluding hydrogens is 204 g/mol. The summed E-state index contributed by atoms with van der Waals surface area (Å²) in [4.78, 5) is 11.2. The van der Waals surface area contributed by atoms with Gasteiger partial charge in [0.1, 0.15) is 5.75 Å². The Morgan fingerprint density at radius 1 is 1.44 bits per heavy atom. The summed E-state index contributed by atoms with van der Waals surface area (Å²) < 4.78 is 11.1. The number of ketones is 1. The van der Waals surface area contributed by atoms with Gasteiger partial charge < -0.3 is 9.47 Å². The molecule has 86 valence electrons. The molecule has 0 aromatic heterocycles. The lowest BCUT2D eigenvalue weighted by atomic mass is 10.1. The Morgan fingerprint density at radius 3 is 3.00 bits per heavy atom. The molecule has 0 N–H and O–H groups in total. The van der Waals surface area contributed by atoms with E-state index in [1.807, 2.05) is 12.1 Å². The Bertz CT molecular complexity index is 367. The topological polar surface area (TPSA) is 35.5 Å². The van der Waals surface area contributed by atoms with E-state index < -0.39 is 0 Å². The van der Waals surface area contributed by atoms with Crippen LogP contribution in [0.4, 0.5) is 0 Å². The molecule has 0 unspecified atom stereocenters. The van der Waals surface area contributed by atoms with E-state index in [4.69, 9.17) is 9.47 Å². The highest BCUT2D eigenvalue weighted by molar-refractivity contribution is 5.94. The van der Waals surface area contributed by atoms with E-state index in [9.17, 15) is 4.79 Å². The number of ether oxygens (including phenoxy) is 2. The van der Waals surface area contributed by atoms with E-state index in [1.165, 1.54) is 0 Å². The predicted molar refractivity (Wildman–Crippen MR) is 60.7 cm³/mol. The average molecular weight is 220 g/mol. The summed E-state index contributed by atoms with van der Waals surface area (Å²) >= 11 is 0. The van der Waals surface area contributed by atoms with Gasteiger partial charge in [-0.3, -0.25) is 4.79 Å². The fraction of sp³-hybridized carbons (Fsp3) is 0.462. The van der Waals surface area contributed by atoms with Gasteiger partial charge in [-0.15, -0.1) is 0 Å². The van der Waals surface area contributed by atoms with E-state index in [0.29, 0.717) is 11.3 Å². The second-order valence-electron chi connectivity index (χ2n) is 4.00. The third-order valence-electron chi connectivity index (χ3n) is 2.65. The molecule has 1 aromatic carbocycles. The predicted octanol–water partition coefficient (Wildman–Crippen LogP) is 2.79. The van der Waals surface area contributed by atoms with Crippen molar-refractivity contribution in [2.24, 2.45) is 0 Å². The fourth-order valence-corrected chi connectivity index (χ4v) is 1.74. The van der Waals surface area contributed by atoms with Crippen molar-refractivity contribution in [3.63, 3.8) is 0 Å². The molecule has 16 heavy (non-hydrogen) atoms. The van der Waals surface area contributed by atoms with E-state index in [2.05, 4.69) is 0 Å². The van der Waals surface area contributed by atoms with Crippen LogP contribution in [0.2, 0.25) is 0 Å². The second-order valence-corrected chi connectivity index (χ2v) is 4.00. The number of rotatable bonds is 3. The van der Waals surface area contributed by atoms with Crippen molar-refractivity contribution in [1.82, 2.24) is 0 Å². The van der Waals surface area contributed by atoms with Crippen LogP contribution in [0.25, 0.3) is 0 Å². The monoisotopic (exact) mass is 220 g/mol. The first kappa shape index (κ1) is 11.1. The number of Topliss-reactive ketones (excluding diaryl/α,β-unsaturated/α-hetero) is 1. The quantitative estimate of drug-likeness (QED) is 0.735.